The summed E-state index contributed by atoms with van der Waals surface area (Å²) in [7, 11) is 0. The number of carboxylic acids is 1. The summed E-state index contributed by atoms with van der Waals surface area (Å²) in [6, 6.07) is 12.1. The first kappa shape index (κ1) is 14.7. The highest BCUT2D eigenvalue weighted by atomic mass is 35.5. The van der Waals surface area contributed by atoms with E-state index in [1.165, 1.54) is 0 Å². The van der Waals surface area contributed by atoms with Crippen LogP contribution in [0.25, 0.3) is 0 Å². The molecule has 0 spiro atoms. The predicted octanol–water partition coefficient (Wildman–Crippen LogP) is 4.35. The normalized spacial score (nSPS) is 10.3. The molecule has 0 saturated heterocycles. The molecule has 0 aromatic heterocycles. The zero-order valence-electron chi connectivity index (χ0n) is 10.6. The van der Waals surface area contributed by atoms with Crippen LogP contribution < -0.4 is 5.32 Å². The van der Waals surface area contributed by atoms with E-state index in [0.29, 0.717) is 16.6 Å². The van der Waals surface area contributed by atoms with Crippen molar-refractivity contribution in [1.82, 2.24) is 0 Å². The summed E-state index contributed by atoms with van der Waals surface area (Å²) in [6.45, 7) is 0.702. The summed E-state index contributed by atoms with van der Waals surface area (Å²) in [5.41, 5.74) is 2.17. The quantitative estimate of drug-likeness (QED) is 0.863. The molecule has 2 rings (SSSR count). The van der Waals surface area contributed by atoms with Gasteiger partial charge in [0.05, 0.1) is 5.56 Å². The summed E-state index contributed by atoms with van der Waals surface area (Å²) < 4.78 is 0. The third kappa shape index (κ3) is 3.89. The van der Waals surface area contributed by atoms with Crippen molar-refractivity contribution in [2.75, 3.05) is 11.9 Å². The Kier molecular flexibility index (Phi) is 4.88. The van der Waals surface area contributed by atoms with Crippen LogP contribution in [-0.2, 0) is 6.42 Å². The minimum Gasteiger partial charge on any atom is -0.478 e. The molecule has 0 aliphatic rings. The van der Waals surface area contributed by atoms with Gasteiger partial charge in [-0.2, -0.15) is 0 Å². The number of hydrogen-bond donors (Lipinski definition) is 2. The molecular weight excluding hydrogens is 297 g/mol. The number of benzene rings is 2. The van der Waals surface area contributed by atoms with Gasteiger partial charge in [0.1, 0.15) is 0 Å². The molecule has 2 aromatic rings. The number of hydrogen-bond acceptors (Lipinski definition) is 2. The number of nitrogens with one attached hydrogen (secondary N) is 1. The molecule has 0 radical (unpaired) electrons. The lowest BCUT2D eigenvalue weighted by Crippen LogP contribution is -2.05. The zero-order valence-corrected chi connectivity index (χ0v) is 12.1. The highest BCUT2D eigenvalue weighted by Gasteiger charge is 2.03. The highest BCUT2D eigenvalue weighted by Crippen LogP contribution is 2.21. The number of aromatic carboxylic acids is 1. The lowest BCUT2D eigenvalue weighted by Gasteiger charge is -2.08. The Morgan fingerprint density at radius 2 is 1.80 bits per heavy atom. The first-order valence-corrected chi connectivity index (χ1v) is 6.83. The van der Waals surface area contributed by atoms with E-state index < -0.39 is 5.97 Å². The van der Waals surface area contributed by atoms with Gasteiger partial charge in [-0.25, -0.2) is 4.79 Å². The first-order chi connectivity index (χ1) is 9.56. The van der Waals surface area contributed by atoms with Gasteiger partial charge in [-0.15, -0.1) is 0 Å². The van der Waals surface area contributed by atoms with E-state index in [4.69, 9.17) is 28.3 Å². The molecule has 0 bridgehead atoms. The van der Waals surface area contributed by atoms with E-state index in [0.717, 1.165) is 17.7 Å². The van der Waals surface area contributed by atoms with Gasteiger partial charge in [0.25, 0.3) is 0 Å². The number of halogens is 2. The van der Waals surface area contributed by atoms with E-state index in [1.54, 1.807) is 30.3 Å². The van der Waals surface area contributed by atoms with Gasteiger partial charge in [-0.3, -0.25) is 0 Å². The van der Waals surface area contributed by atoms with Crippen LogP contribution in [0.15, 0.2) is 42.5 Å². The third-order valence-corrected chi connectivity index (χ3v) is 3.46. The molecule has 3 nitrogen and oxygen atoms in total. The summed E-state index contributed by atoms with van der Waals surface area (Å²) >= 11 is 11.9. The number of carbonyl (C=O) groups is 1. The molecule has 0 saturated carbocycles. The van der Waals surface area contributed by atoms with Gasteiger partial charge >= 0.3 is 5.97 Å². The van der Waals surface area contributed by atoms with E-state index in [2.05, 4.69) is 5.32 Å². The molecule has 104 valence electrons. The minimum absolute atomic E-state index is 0.274. The Hall–Kier alpha value is -1.71. The van der Waals surface area contributed by atoms with Crippen molar-refractivity contribution in [3.63, 3.8) is 0 Å². The van der Waals surface area contributed by atoms with Crippen LogP contribution in [0, 0.1) is 0 Å². The molecule has 20 heavy (non-hydrogen) atoms. The second kappa shape index (κ2) is 6.64. The fraction of sp³-hybridized carbons (Fsp3) is 0.133. The standard InChI is InChI=1S/C15H13Cl2NO2/c16-12-4-1-10(14(17)9-12)7-8-18-13-5-2-11(3-6-13)15(19)20/h1-6,9,18H,7-8H2,(H,19,20). The van der Waals surface area contributed by atoms with Gasteiger partial charge in [-0.1, -0.05) is 29.3 Å². The first-order valence-electron chi connectivity index (χ1n) is 6.07. The average Bonchev–Trinajstić information content (AvgIpc) is 2.42. The van der Waals surface area contributed by atoms with Crippen molar-refractivity contribution in [3.05, 3.63) is 63.6 Å². The Bertz CT molecular complexity index is 612. The Labute approximate surface area is 127 Å². The van der Waals surface area contributed by atoms with E-state index in [9.17, 15) is 4.79 Å². The van der Waals surface area contributed by atoms with Crippen LogP contribution >= 0.6 is 23.2 Å². The van der Waals surface area contributed by atoms with Crippen LogP contribution in [0.5, 0.6) is 0 Å². The number of rotatable bonds is 5. The maximum absolute atomic E-state index is 10.7. The molecule has 0 atom stereocenters. The lowest BCUT2D eigenvalue weighted by molar-refractivity contribution is 0.0697. The van der Waals surface area contributed by atoms with Gasteiger partial charge < -0.3 is 10.4 Å². The zero-order chi connectivity index (χ0) is 14.5. The Morgan fingerprint density at radius 3 is 2.40 bits per heavy atom. The molecule has 0 amide bonds. The van der Waals surface area contributed by atoms with Gasteiger partial charge in [0, 0.05) is 22.3 Å². The van der Waals surface area contributed by atoms with E-state index >= 15 is 0 Å². The molecular formula is C15H13Cl2NO2. The van der Waals surface area contributed by atoms with Crippen molar-refractivity contribution in [3.8, 4) is 0 Å². The monoisotopic (exact) mass is 309 g/mol. The van der Waals surface area contributed by atoms with Gasteiger partial charge in [0.15, 0.2) is 0 Å². The molecule has 2 N–H and O–H groups in total. The minimum atomic E-state index is -0.926. The maximum atomic E-state index is 10.7. The topological polar surface area (TPSA) is 49.3 Å². The fourth-order valence-electron chi connectivity index (χ4n) is 1.80. The molecule has 5 heteroatoms. The van der Waals surface area contributed by atoms with Crippen molar-refractivity contribution in [2.24, 2.45) is 0 Å². The molecule has 0 aliphatic heterocycles. The molecule has 0 unspecified atom stereocenters. The second-order valence-electron chi connectivity index (χ2n) is 4.30. The van der Waals surface area contributed by atoms with Crippen molar-refractivity contribution < 1.29 is 9.90 Å². The van der Waals surface area contributed by atoms with Crippen LogP contribution in [0.4, 0.5) is 5.69 Å². The second-order valence-corrected chi connectivity index (χ2v) is 5.14. The lowest BCUT2D eigenvalue weighted by atomic mass is 10.1. The highest BCUT2D eigenvalue weighted by molar-refractivity contribution is 6.35. The summed E-state index contributed by atoms with van der Waals surface area (Å²) in [6.07, 6.45) is 0.761. The average molecular weight is 310 g/mol. The maximum Gasteiger partial charge on any atom is 0.335 e. The summed E-state index contributed by atoms with van der Waals surface area (Å²) in [4.78, 5) is 10.7. The smallest absolute Gasteiger partial charge is 0.335 e. The molecule has 0 heterocycles. The fourth-order valence-corrected chi connectivity index (χ4v) is 2.30. The molecule has 2 aromatic carbocycles. The van der Waals surface area contributed by atoms with Crippen LogP contribution in [0.1, 0.15) is 15.9 Å². The van der Waals surface area contributed by atoms with Crippen molar-refractivity contribution in [2.45, 2.75) is 6.42 Å². The van der Waals surface area contributed by atoms with Crippen molar-refractivity contribution >= 4 is 34.9 Å². The van der Waals surface area contributed by atoms with Crippen LogP contribution in [0.3, 0.4) is 0 Å². The Balaban J connectivity index is 1.91. The summed E-state index contributed by atoms with van der Waals surface area (Å²) in [5.74, 6) is -0.926. The molecule has 0 fully saturated rings. The third-order valence-electron chi connectivity index (χ3n) is 2.87. The Morgan fingerprint density at radius 1 is 1.10 bits per heavy atom. The van der Waals surface area contributed by atoms with Crippen LogP contribution in [-0.4, -0.2) is 17.6 Å². The van der Waals surface area contributed by atoms with Crippen molar-refractivity contribution in [1.29, 1.82) is 0 Å². The van der Waals surface area contributed by atoms with Gasteiger partial charge in [-0.05, 0) is 48.4 Å². The molecule has 0 aliphatic carbocycles. The van der Waals surface area contributed by atoms with Crippen LogP contribution in [0.2, 0.25) is 10.0 Å². The van der Waals surface area contributed by atoms with E-state index in [1.807, 2.05) is 12.1 Å². The van der Waals surface area contributed by atoms with E-state index in [-0.39, 0.29) is 5.56 Å². The SMILES string of the molecule is O=C(O)c1ccc(NCCc2ccc(Cl)cc2Cl)cc1. The summed E-state index contributed by atoms with van der Waals surface area (Å²) in [5, 5.41) is 13.3. The number of carboxylic acid groups (broad SMARTS) is 1. The predicted molar refractivity (Wildman–Crippen MR) is 82.1 cm³/mol. The number of anilines is 1. The van der Waals surface area contributed by atoms with Gasteiger partial charge in [0.2, 0.25) is 0 Å². The largest absolute Gasteiger partial charge is 0.478 e.